The van der Waals surface area contributed by atoms with Gasteiger partial charge in [0.1, 0.15) is 5.76 Å². The summed E-state index contributed by atoms with van der Waals surface area (Å²) in [5.74, 6) is -3.10. The van der Waals surface area contributed by atoms with E-state index < -0.39 is 34.4 Å². The largest absolute Gasteiger partial charge is 0.507 e. The molecule has 32 heavy (non-hydrogen) atoms. The van der Waals surface area contributed by atoms with Gasteiger partial charge >= 0.3 is 5.97 Å². The number of hydrogen-bond acceptors (Lipinski definition) is 6. The number of aliphatic carboxylic acids is 1. The number of benzene rings is 2. The van der Waals surface area contributed by atoms with E-state index in [2.05, 4.69) is 0 Å². The monoisotopic (exact) mass is 438 g/mol. The van der Waals surface area contributed by atoms with Crippen molar-refractivity contribution in [1.29, 1.82) is 0 Å². The Morgan fingerprint density at radius 2 is 1.62 bits per heavy atom. The van der Waals surface area contributed by atoms with Gasteiger partial charge in [-0.3, -0.25) is 24.5 Å². The first-order valence-electron chi connectivity index (χ1n) is 10.1. The fourth-order valence-corrected chi connectivity index (χ4v) is 3.81. The van der Waals surface area contributed by atoms with E-state index in [0.717, 1.165) is 0 Å². The number of aliphatic hydroxyl groups is 1. The predicted molar refractivity (Wildman–Crippen MR) is 115 cm³/mol. The Kier molecular flexibility index (Phi) is 6.99. The third-order valence-corrected chi connectivity index (χ3v) is 5.30. The van der Waals surface area contributed by atoms with E-state index in [-0.39, 0.29) is 29.8 Å². The number of nitrogens with zero attached hydrogens (tertiary/aromatic N) is 2. The zero-order valence-electron chi connectivity index (χ0n) is 17.1. The van der Waals surface area contributed by atoms with Crippen LogP contribution in [0.5, 0.6) is 0 Å². The van der Waals surface area contributed by atoms with E-state index in [4.69, 9.17) is 5.11 Å². The van der Waals surface area contributed by atoms with Crippen molar-refractivity contribution in [3.05, 3.63) is 81.4 Å². The summed E-state index contributed by atoms with van der Waals surface area (Å²) >= 11 is 0. The number of nitro benzene ring substituents is 1. The SMILES string of the molecule is O=C(O)CCCCCN1C(=O)C(=O)C(=C(O)c2ccccc2)[C@@H]1c1ccccc1[N+](=O)[O-]. The molecule has 1 aliphatic heterocycles. The third kappa shape index (κ3) is 4.66. The van der Waals surface area contributed by atoms with E-state index >= 15 is 0 Å². The lowest BCUT2D eigenvalue weighted by Crippen LogP contribution is -2.31. The topological polar surface area (TPSA) is 138 Å². The molecule has 9 nitrogen and oxygen atoms in total. The number of rotatable bonds is 9. The highest BCUT2D eigenvalue weighted by Crippen LogP contribution is 2.42. The first-order chi connectivity index (χ1) is 15.3. The number of unbranched alkanes of at least 4 members (excludes halogenated alkanes) is 2. The minimum absolute atomic E-state index is 0.0135. The van der Waals surface area contributed by atoms with Gasteiger partial charge in [-0.05, 0) is 18.9 Å². The fraction of sp³-hybridized carbons (Fsp3) is 0.261. The molecule has 9 heteroatoms. The molecule has 0 saturated carbocycles. The summed E-state index contributed by atoms with van der Waals surface area (Å²) in [5, 5.41) is 31.3. The molecule has 0 aromatic heterocycles. The number of likely N-dealkylation sites (tertiary alicyclic amines) is 1. The molecule has 0 aliphatic carbocycles. The van der Waals surface area contributed by atoms with E-state index in [9.17, 15) is 29.6 Å². The molecule has 1 heterocycles. The van der Waals surface area contributed by atoms with Gasteiger partial charge < -0.3 is 15.1 Å². The number of carboxylic acid groups (broad SMARTS) is 1. The van der Waals surface area contributed by atoms with Crippen LogP contribution in [0.2, 0.25) is 0 Å². The van der Waals surface area contributed by atoms with Crippen molar-refractivity contribution in [1.82, 2.24) is 4.90 Å². The van der Waals surface area contributed by atoms with Crippen LogP contribution < -0.4 is 0 Å². The Labute approximate surface area is 183 Å². The van der Waals surface area contributed by atoms with Crippen LogP contribution in [0.15, 0.2) is 60.2 Å². The van der Waals surface area contributed by atoms with Crippen LogP contribution in [0.4, 0.5) is 5.69 Å². The molecule has 2 N–H and O–H groups in total. The highest BCUT2D eigenvalue weighted by molar-refractivity contribution is 6.46. The maximum Gasteiger partial charge on any atom is 0.303 e. The highest BCUT2D eigenvalue weighted by atomic mass is 16.6. The van der Waals surface area contributed by atoms with Crippen molar-refractivity contribution >= 4 is 29.1 Å². The molecule has 0 spiro atoms. The molecule has 0 bridgehead atoms. The molecule has 166 valence electrons. The summed E-state index contributed by atoms with van der Waals surface area (Å²) in [6, 6.07) is 12.9. The molecule has 2 aromatic rings. The summed E-state index contributed by atoms with van der Waals surface area (Å²) in [7, 11) is 0. The predicted octanol–water partition coefficient (Wildman–Crippen LogP) is 3.66. The molecule has 3 rings (SSSR count). The fourth-order valence-electron chi connectivity index (χ4n) is 3.81. The van der Waals surface area contributed by atoms with Crippen LogP contribution in [0.3, 0.4) is 0 Å². The van der Waals surface area contributed by atoms with Crippen LogP contribution in [-0.4, -0.2) is 44.2 Å². The van der Waals surface area contributed by atoms with Crippen LogP contribution in [-0.2, 0) is 14.4 Å². The average Bonchev–Trinajstić information content (AvgIpc) is 3.03. The lowest BCUT2D eigenvalue weighted by molar-refractivity contribution is -0.385. The Morgan fingerprint density at radius 3 is 2.28 bits per heavy atom. The van der Waals surface area contributed by atoms with Gasteiger partial charge in [-0.15, -0.1) is 0 Å². The smallest absolute Gasteiger partial charge is 0.303 e. The Morgan fingerprint density at radius 1 is 0.969 bits per heavy atom. The zero-order chi connectivity index (χ0) is 23.3. The molecule has 0 radical (unpaired) electrons. The van der Waals surface area contributed by atoms with Gasteiger partial charge in [0.2, 0.25) is 0 Å². The van der Waals surface area contributed by atoms with Gasteiger partial charge in [0, 0.05) is 24.6 Å². The first kappa shape index (κ1) is 22.7. The van der Waals surface area contributed by atoms with Gasteiger partial charge in [0.05, 0.1) is 22.1 Å². The molecular formula is C23H22N2O7. The number of nitro groups is 1. The van der Waals surface area contributed by atoms with E-state index in [1.54, 1.807) is 36.4 Å². The molecule has 1 atom stereocenters. The van der Waals surface area contributed by atoms with Crippen molar-refractivity contribution in [3.8, 4) is 0 Å². The molecule has 1 saturated heterocycles. The van der Waals surface area contributed by atoms with Crippen molar-refractivity contribution in [2.75, 3.05) is 6.54 Å². The van der Waals surface area contributed by atoms with Gasteiger partial charge in [-0.2, -0.15) is 0 Å². The zero-order valence-corrected chi connectivity index (χ0v) is 17.1. The highest BCUT2D eigenvalue weighted by Gasteiger charge is 2.47. The number of ketones is 1. The maximum atomic E-state index is 12.9. The Hall–Kier alpha value is -4.01. The summed E-state index contributed by atoms with van der Waals surface area (Å²) in [4.78, 5) is 48.7. The van der Waals surface area contributed by atoms with Crippen molar-refractivity contribution in [2.24, 2.45) is 0 Å². The normalized spacial score (nSPS) is 17.5. The molecule has 0 unspecified atom stereocenters. The first-order valence-corrected chi connectivity index (χ1v) is 10.1. The summed E-state index contributed by atoms with van der Waals surface area (Å²) < 4.78 is 0. The summed E-state index contributed by atoms with van der Waals surface area (Å²) in [6.07, 6.45) is 1.29. The van der Waals surface area contributed by atoms with E-state index in [0.29, 0.717) is 24.8 Å². The molecule has 2 aromatic carbocycles. The quantitative estimate of drug-likeness (QED) is 0.152. The Bertz CT molecular complexity index is 1080. The minimum Gasteiger partial charge on any atom is -0.507 e. The number of carbonyl (C=O) groups is 3. The molecular weight excluding hydrogens is 416 g/mol. The second kappa shape index (κ2) is 9.86. The lowest BCUT2D eigenvalue weighted by atomic mass is 9.94. The summed E-state index contributed by atoms with van der Waals surface area (Å²) in [5.41, 5.74) is -0.0365. The van der Waals surface area contributed by atoms with E-state index in [1.807, 2.05) is 0 Å². The number of carbonyl (C=O) groups excluding carboxylic acids is 2. The van der Waals surface area contributed by atoms with Crippen molar-refractivity contribution in [2.45, 2.75) is 31.7 Å². The third-order valence-electron chi connectivity index (χ3n) is 5.30. The lowest BCUT2D eigenvalue weighted by Gasteiger charge is -2.25. The minimum atomic E-state index is -1.13. The summed E-state index contributed by atoms with van der Waals surface area (Å²) in [6.45, 7) is 0.0898. The average molecular weight is 438 g/mol. The van der Waals surface area contributed by atoms with Crippen LogP contribution in [0.25, 0.3) is 5.76 Å². The Balaban J connectivity index is 2.05. The van der Waals surface area contributed by atoms with Gasteiger partial charge in [0.25, 0.3) is 17.4 Å². The van der Waals surface area contributed by atoms with Gasteiger partial charge in [-0.25, -0.2) is 0 Å². The van der Waals surface area contributed by atoms with Crippen LogP contribution >= 0.6 is 0 Å². The van der Waals surface area contributed by atoms with Gasteiger partial charge in [-0.1, -0.05) is 48.9 Å². The van der Waals surface area contributed by atoms with Gasteiger partial charge in [0.15, 0.2) is 0 Å². The molecule has 1 fully saturated rings. The van der Waals surface area contributed by atoms with Crippen LogP contribution in [0.1, 0.15) is 42.9 Å². The maximum absolute atomic E-state index is 12.9. The number of hydrogen-bond donors (Lipinski definition) is 2. The second-order valence-corrected chi connectivity index (χ2v) is 7.38. The number of carboxylic acids is 1. The molecule has 1 amide bonds. The number of Topliss-reactive ketones (excluding diaryl/α,β-unsaturated/α-hetero) is 1. The standard InChI is InChI=1S/C23H22N2O7/c26-18(27)13-5-2-8-14-24-20(16-11-6-7-12-17(16)25(31)32)19(22(29)23(24)30)21(28)15-9-3-1-4-10-15/h1,3-4,6-7,9-12,20,28H,2,5,8,13-14H2,(H,26,27)/t20-/m0/s1. The van der Waals surface area contributed by atoms with Crippen molar-refractivity contribution < 1.29 is 29.5 Å². The number of aliphatic hydroxyl groups excluding tert-OH is 1. The number of amides is 1. The second-order valence-electron chi connectivity index (χ2n) is 7.38. The van der Waals surface area contributed by atoms with Crippen LogP contribution in [0, 0.1) is 10.1 Å². The molecule has 1 aliphatic rings. The van der Waals surface area contributed by atoms with E-state index in [1.165, 1.54) is 23.1 Å². The number of para-hydroxylation sites is 1. The van der Waals surface area contributed by atoms with Crippen molar-refractivity contribution in [3.63, 3.8) is 0 Å².